The molecule has 0 spiro atoms. The Bertz CT molecular complexity index is 703. The van der Waals surface area contributed by atoms with E-state index in [0.717, 1.165) is 5.56 Å². The summed E-state index contributed by atoms with van der Waals surface area (Å²) in [5.74, 6) is -3.14. The fourth-order valence-corrected chi connectivity index (χ4v) is 2.46. The van der Waals surface area contributed by atoms with Crippen LogP contribution in [-0.2, 0) is 35.0 Å². The number of benzene rings is 1. The Morgan fingerprint density at radius 1 is 1.29 bits per heavy atom. The lowest BCUT2D eigenvalue weighted by Crippen LogP contribution is -2.42. The molecule has 2 rings (SSSR count). The molecule has 0 amide bonds. The lowest BCUT2D eigenvalue weighted by molar-refractivity contribution is -0.222. The Hall–Kier alpha value is -2.35. The zero-order valence-electron chi connectivity index (χ0n) is 13.3. The second-order valence-corrected chi connectivity index (χ2v) is 6.29. The highest BCUT2D eigenvalue weighted by atomic mass is 79.9. The predicted octanol–water partition coefficient (Wildman–Crippen LogP) is 2.30. The van der Waals surface area contributed by atoms with E-state index in [0.29, 0.717) is 10.2 Å². The highest BCUT2D eigenvalue weighted by Gasteiger charge is 2.38. The van der Waals surface area contributed by atoms with E-state index >= 15 is 0 Å². The molecular weight excluding hydrogens is 382 g/mol. The SMILES string of the molecule is COC(=O)Cc1ccc(NC=C2C(=O)OC(C)(C)OC2=O)cc1Br. The van der Waals surface area contributed by atoms with Gasteiger partial charge in [-0.3, -0.25) is 4.79 Å². The van der Waals surface area contributed by atoms with Crippen molar-refractivity contribution in [2.75, 3.05) is 12.4 Å². The van der Waals surface area contributed by atoms with Crippen LogP contribution in [0.25, 0.3) is 0 Å². The largest absolute Gasteiger partial charge is 0.469 e. The average molecular weight is 398 g/mol. The number of hydrogen-bond donors (Lipinski definition) is 1. The number of ether oxygens (including phenoxy) is 3. The third-order valence-corrected chi connectivity index (χ3v) is 3.85. The average Bonchev–Trinajstić information content (AvgIpc) is 2.47. The molecule has 1 aromatic carbocycles. The quantitative estimate of drug-likeness (QED) is 0.473. The zero-order valence-corrected chi connectivity index (χ0v) is 14.9. The van der Waals surface area contributed by atoms with Crippen LogP contribution in [0.1, 0.15) is 19.4 Å². The summed E-state index contributed by atoms with van der Waals surface area (Å²) in [6.07, 6.45) is 1.36. The molecular formula is C16H16BrNO6. The predicted molar refractivity (Wildman–Crippen MR) is 87.8 cm³/mol. The fraction of sp³-hybridized carbons (Fsp3) is 0.312. The summed E-state index contributed by atoms with van der Waals surface area (Å²) in [6.45, 7) is 2.95. The molecule has 128 valence electrons. The van der Waals surface area contributed by atoms with Gasteiger partial charge in [0.1, 0.15) is 0 Å². The van der Waals surface area contributed by atoms with Gasteiger partial charge in [0.25, 0.3) is 5.79 Å². The first-order chi connectivity index (χ1) is 11.2. The van der Waals surface area contributed by atoms with Crippen LogP contribution in [0, 0.1) is 0 Å². The monoisotopic (exact) mass is 397 g/mol. The van der Waals surface area contributed by atoms with Crippen LogP contribution in [0.3, 0.4) is 0 Å². The molecule has 7 nitrogen and oxygen atoms in total. The summed E-state index contributed by atoms with van der Waals surface area (Å²) < 4.78 is 15.3. The van der Waals surface area contributed by atoms with Crippen LogP contribution in [0.5, 0.6) is 0 Å². The Balaban J connectivity index is 2.11. The van der Waals surface area contributed by atoms with Gasteiger partial charge in [0.15, 0.2) is 5.57 Å². The van der Waals surface area contributed by atoms with Gasteiger partial charge in [-0.05, 0) is 17.7 Å². The third-order valence-electron chi connectivity index (χ3n) is 3.12. The Morgan fingerprint density at radius 2 is 1.92 bits per heavy atom. The maximum absolute atomic E-state index is 11.8. The first-order valence-electron chi connectivity index (χ1n) is 7.00. The summed E-state index contributed by atoms with van der Waals surface area (Å²) in [7, 11) is 1.32. The normalized spacial score (nSPS) is 16.1. The van der Waals surface area contributed by atoms with Crippen molar-refractivity contribution in [3.05, 3.63) is 40.0 Å². The van der Waals surface area contributed by atoms with Crippen molar-refractivity contribution < 1.29 is 28.6 Å². The minimum absolute atomic E-state index is 0.131. The van der Waals surface area contributed by atoms with Gasteiger partial charge in [-0.2, -0.15) is 0 Å². The Morgan fingerprint density at radius 3 is 2.46 bits per heavy atom. The third kappa shape index (κ3) is 4.35. The van der Waals surface area contributed by atoms with Crippen molar-refractivity contribution in [1.29, 1.82) is 0 Å². The van der Waals surface area contributed by atoms with Gasteiger partial charge in [-0.25, -0.2) is 9.59 Å². The molecule has 1 aromatic rings. The van der Waals surface area contributed by atoms with Gasteiger partial charge in [0, 0.05) is 30.2 Å². The van der Waals surface area contributed by atoms with Gasteiger partial charge in [-0.1, -0.05) is 22.0 Å². The molecule has 1 aliphatic rings. The van der Waals surface area contributed by atoms with E-state index < -0.39 is 17.7 Å². The number of halogens is 1. The summed E-state index contributed by atoms with van der Waals surface area (Å²) in [4.78, 5) is 35.0. The number of nitrogens with one attached hydrogen (secondary N) is 1. The molecule has 1 heterocycles. The molecule has 0 aromatic heterocycles. The van der Waals surface area contributed by atoms with Crippen LogP contribution in [0.4, 0.5) is 5.69 Å². The molecule has 0 atom stereocenters. The number of carbonyl (C=O) groups is 3. The highest BCUT2D eigenvalue weighted by molar-refractivity contribution is 9.10. The molecule has 0 saturated carbocycles. The van der Waals surface area contributed by atoms with Crippen LogP contribution in [-0.4, -0.2) is 30.8 Å². The summed E-state index contributed by atoms with van der Waals surface area (Å²) in [6, 6.07) is 5.13. The summed E-state index contributed by atoms with van der Waals surface area (Å²) in [5, 5.41) is 2.83. The fourth-order valence-electron chi connectivity index (χ4n) is 1.94. The molecule has 0 unspecified atom stereocenters. The lowest BCUT2D eigenvalue weighted by Gasteiger charge is -2.29. The number of anilines is 1. The smallest absolute Gasteiger partial charge is 0.350 e. The molecule has 1 saturated heterocycles. The molecule has 24 heavy (non-hydrogen) atoms. The maximum atomic E-state index is 11.8. The van der Waals surface area contributed by atoms with E-state index in [2.05, 4.69) is 26.0 Å². The lowest BCUT2D eigenvalue weighted by atomic mass is 10.1. The van der Waals surface area contributed by atoms with Gasteiger partial charge in [0.2, 0.25) is 0 Å². The summed E-state index contributed by atoms with van der Waals surface area (Å²) >= 11 is 3.36. The zero-order chi connectivity index (χ0) is 17.9. The molecule has 1 fully saturated rings. The highest BCUT2D eigenvalue weighted by Crippen LogP contribution is 2.25. The Kier molecular flexibility index (Phi) is 5.28. The van der Waals surface area contributed by atoms with Crippen molar-refractivity contribution in [2.45, 2.75) is 26.1 Å². The topological polar surface area (TPSA) is 90.9 Å². The molecule has 0 radical (unpaired) electrons. The van der Waals surface area contributed by atoms with Crippen molar-refractivity contribution in [1.82, 2.24) is 0 Å². The van der Waals surface area contributed by atoms with Gasteiger partial charge < -0.3 is 19.5 Å². The van der Waals surface area contributed by atoms with E-state index in [1.807, 2.05) is 0 Å². The molecule has 1 N–H and O–H groups in total. The Labute approximate surface area is 147 Å². The van der Waals surface area contributed by atoms with Gasteiger partial charge >= 0.3 is 17.9 Å². The number of hydrogen-bond acceptors (Lipinski definition) is 7. The second kappa shape index (κ2) is 7.04. The number of rotatable bonds is 4. The summed E-state index contributed by atoms with van der Waals surface area (Å²) in [5.41, 5.74) is 1.12. The van der Waals surface area contributed by atoms with Crippen LogP contribution in [0.15, 0.2) is 34.4 Å². The maximum Gasteiger partial charge on any atom is 0.350 e. The number of methoxy groups -OCH3 is 1. The van der Waals surface area contributed by atoms with Crippen LogP contribution in [0.2, 0.25) is 0 Å². The number of cyclic esters (lactones) is 2. The van der Waals surface area contributed by atoms with Crippen LogP contribution >= 0.6 is 15.9 Å². The van der Waals surface area contributed by atoms with Gasteiger partial charge in [0.05, 0.1) is 13.5 Å². The number of carbonyl (C=O) groups excluding carboxylic acids is 3. The molecule has 1 aliphatic heterocycles. The van der Waals surface area contributed by atoms with E-state index in [1.165, 1.54) is 27.2 Å². The molecule has 0 aliphatic carbocycles. The minimum atomic E-state index is -1.27. The van der Waals surface area contributed by atoms with E-state index in [9.17, 15) is 14.4 Å². The minimum Gasteiger partial charge on any atom is -0.469 e. The van der Waals surface area contributed by atoms with Crippen molar-refractivity contribution in [2.24, 2.45) is 0 Å². The molecule has 8 heteroatoms. The van der Waals surface area contributed by atoms with E-state index in [-0.39, 0.29) is 18.0 Å². The van der Waals surface area contributed by atoms with Crippen LogP contribution < -0.4 is 5.32 Å². The van der Waals surface area contributed by atoms with Crippen molar-refractivity contribution in [3.8, 4) is 0 Å². The van der Waals surface area contributed by atoms with E-state index in [4.69, 9.17) is 9.47 Å². The first-order valence-corrected chi connectivity index (χ1v) is 7.80. The van der Waals surface area contributed by atoms with E-state index in [1.54, 1.807) is 18.2 Å². The standard InChI is InChI=1S/C16H16BrNO6/c1-16(2)23-14(20)11(15(21)24-16)8-18-10-5-4-9(12(17)7-10)6-13(19)22-3/h4-5,7-8,18H,6H2,1-3H3. The first kappa shape index (κ1) is 18.0. The second-order valence-electron chi connectivity index (χ2n) is 5.44. The van der Waals surface area contributed by atoms with Crippen molar-refractivity contribution >= 4 is 39.5 Å². The molecule has 0 bridgehead atoms. The van der Waals surface area contributed by atoms with Gasteiger partial charge in [-0.15, -0.1) is 0 Å². The van der Waals surface area contributed by atoms with Crippen molar-refractivity contribution in [3.63, 3.8) is 0 Å². The number of esters is 3.